The SMILES string of the molecule is CCCCNC(=O)C1N(C(=O)[C@@H](O)[C@H](Cc2cccc(F)c2)NC(=O)c2cccc(O)c2C)CC(F)(F)C1(C)C. The third-order valence-corrected chi connectivity index (χ3v) is 7.51. The summed E-state index contributed by atoms with van der Waals surface area (Å²) >= 11 is 0. The number of hydrogen-bond acceptors (Lipinski definition) is 5. The smallest absolute Gasteiger partial charge is 0.272 e. The number of aromatic hydroxyl groups is 1. The second-order valence-electron chi connectivity index (χ2n) is 10.7. The summed E-state index contributed by atoms with van der Waals surface area (Å²) in [7, 11) is 0. The van der Waals surface area contributed by atoms with Crippen LogP contribution in [0.15, 0.2) is 42.5 Å². The number of aliphatic hydroxyl groups excluding tert-OH is 1. The third-order valence-electron chi connectivity index (χ3n) is 7.51. The van der Waals surface area contributed by atoms with Gasteiger partial charge in [0.25, 0.3) is 17.7 Å². The van der Waals surface area contributed by atoms with Crippen LogP contribution < -0.4 is 10.6 Å². The van der Waals surface area contributed by atoms with E-state index in [1.807, 2.05) is 6.92 Å². The molecule has 3 rings (SSSR count). The number of alkyl halides is 2. The fraction of sp³-hybridized carbons (Fsp3) is 0.483. The first kappa shape index (κ1) is 30.9. The minimum Gasteiger partial charge on any atom is -0.508 e. The predicted molar refractivity (Wildman–Crippen MR) is 142 cm³/mol. The van der Waals surface area contributed by atoms with Gasteiger partial charge in [-0.25, -0.2) is 13.2 Å². The van der Waals surface area contributed by atoms with Crippen molar-refractivity contribution in [3.05, 3.63) is 65.0 Å². The fourth-order valence-electron chi connectivity index (χ4n) is 4.88. The molecule has 0 bridgehead atoms. The minimum absolute atomic E-state index is 0.0610. The zero-order valence-electron chi connectivity index (χ0n) is 23.0. The number of phenols is 1. The Morgan fingerprint density at radius 1 is 1.15 bits per heavy atom. The molecule has 0 aromatic heterocycles. The molecule has 4 N–H and O–H groups in total. The number of unbranched alkanes of at least 4 members (excludes halogenated alkanes) is 1. The van der Waals surface area contributed by atoms with E-state index in [0.717, 1.165) is 12.5 Å². The molecule has 3 amide bonds. The van der Waals surface area contributed by atoms with E-state index in [0.29, 0.717) is 16.9 Å². The van der Waals surface area contributed by atoms with Crippen molar-refractivity contribution in [2.45, 2.75) is 71.1 Å². The number of rotatable bonds is 10. The lowest BCUT2D eigenvalue weighted by Gasteiger charge is -2.34. The number of carbonyl (C=O) groups is 3. The molecule has 0 radical (unpaired) electrons. The van der Waals surface area contributed by atoms with Crippen molar-refractivity contribution in [2.24, 2.45) is 5.41 Å². The van der Waals surface area contributed by atoms with Gasteiger partial charge in [-0.2, -0.15) is 0 Å². The van der Waals surface area contributed by atoms with Crippen LogP contribution in [0.2, 0.25) is 0 Å². The van der Waals surface area contributed by atoms with Crippen molar-refractivity contribution < 1.29 is 37.8 Å². The molecule has 1 saturated heterocycles. The minimum atomic E-state index is -3.45. The van der Waals surface area contributed by atoms with Crippen molar-refractivity contribution in [1.82, 2.24) is 15.5 Å². The topological polar surface area (TPSA) is 119 Å². The first-order valence-corrected chi connectivity index (χ1v) is 13.2. The lowest BCUT2D eigenvalue weighted by molar-refractivity contribution is -0.148. The van der Waals surface area contributed by atoms with Crippen LogP contribution in [-0.4, -0.2) is 70.0 Å². The molecule has 3 atom stereocenters. The lowest BCUT2D eigenvalue weighted by atomic mass is 9.81. The van der Waals surface area contributed by atoms with Gasteiger partial charge in [0.15, 0.2) is 6.10 Å². The fourth-order valence-corrected chi connectivity index (χ4v) is 4.88. The number of nitrogens with one attached hydrogen (secondary N) is 2. The molecule has 0 saturated carbocycles. The number of aliphatic hydroxyl groups is 1. The number of phenolic OH excluding ortho intramolecular Hbond substituents is 1. The van der Waals surface area contributed by atoms with E-state index in [1.165, 1.54) is 57.2 Å². The molecule has 1 aliphatic rings. The second-order valence-corrected chi connectivity index (χ2v) is 10.7. The summed E-state index contributed by atoms with van der Waals surface area (Å²) in [6.07, 6.45) is -0.913. The van der Waals surface area contributed by atoms with Crippen LogP contribution in [0.25, 0.3) is 0 Å². The van der Waals surface area contributed by atoms with Crippen LogP contribution in [0.1, 0.15) is 55.1 Å². The molecule has 1 heterocycles. The van der Waals surface area contributed by atoms with Gasteiger partial charge in [0.2, 0.25) is 5.91 Å². The first-order valence-electron chi connectivity index (χ1n) is 13.2. The molecule has 2 aromatic rings. The van der Waals surface area contributed by atoms with Crippen LogP contribution in [0, 0.1) is 18.2 Å². The Balaban J connectivity index is 1.95. The summed E-state index contributed by atoms with van der Waals surface area (Å²) in [6, 6.07) is 6.58. The maximum Gasteiger partial charge on any atom is 0.272 e. The van der Waals surface area contributed by atoms with Gasteiger partial charge in [0, 0.05) is 17.7 Å². The zero-order chi connectivity index (χ0) is 29.8. The highest BCUT2D eigenvalue weighted by molar-refractivity contribution is 5.97. The summed E-state index contributed by atoms with van der Waals surface area (Å²) in [5, 5.41) is 26.4. The largest absolute Gasteiger partial charge is 0.508 e. The standard InChI is InChI=1S/C29H36F3N3O5/c1-5-6-13-33-26(39)24-28(3,4)29(31,32)16-35(24)27(40)23(37)21(15-18-9-7-10-19(30)14-18)34-25(38)20-11-8-12-22(36)17(20)2/h7-12,14,21,23-24,36-37H,5-6,13,15-16H2,1-4H3,(H,33,39)(H,34,38)/t21-,23-,24?/m0/s1. The Morgan fingerprint density at radius 2 is 1.82 bits per heavy atom. The summed E-state index contributed by atoms with van der Waals surface area (Å²) in [5.74, 6) is -6.87. The lowest BCUT2D eigenvalue weighted by Crippen LogP contribution is -2.57. The van der Waals surface area contributed by atoms with E-state index >= 15 is 8.78 Å². The Labute approximate surface area is 231 Å². The number of nitrogens with zero attached hydrogens (tertiary/aromatic N) is 1. The number of likely N-dealkylation sites (tertiary alicyclic amines) is 1. The summed E-state index contributed by atoms with van der Waals surface area (Å²) in [5.41, 5.74) is -1.31. The van der Waals surface area contributed by atoms with Gasteiger partial charge in [0.05, 0.1) is 18.0 Å². The van der Waals surface area contributed by atoms with E-state index in [9.17, 15) is 29.0 Å². The van der Waals surface area contributed by atoms with Crippen LogP contribution in [0.4, 0.5) is 13.2 Å². The number of amides is 3. The second kappa shape index (κ2) is 12.3. The maximum atomic E-state index is 15.1. The Bertz CT molecular complexity index is 1250. The number of carbonyl (C=O) groups excluding carboxylic acids is 3. The Morgan fingerprint density at radius 3 is 2.48 bits per heavy atom. The number of hydrogen-bond donors (Lipinski definition) is 4. The van der Waals surface area contributed by atoms with Gasteiger partial charge in [-0.05, 0) is 49.6 Å². The molecule has 2 aromatic carbocycles. The quantitative estimate of drug-likeness (QED) is 0.331. The molecule has 8 nitrogen and oxygen atoms in total. The van der Waals surface area contributed by atoms with Crippen molar-refractivity contribution in [3.63, 3.8) is 0 Å². The van der Waals surface area contributed by atoms with Gasteiger partial charge in [-0.3, -0.25) is 14.4 Å². The molecule has 11 heteroatoms. The van der Waals surface area contributed by atoms with E-state index in [-0.39, 0.29) is 29.8 Å². The highest BCUT2D eigenvalue weighted by Gasteiger charge is 2.64. The molecule has 1 fully saturated rings. The van der Waals surface area contributed by atoms with Gasteiger partial charge < -0.3 is 25.7 Å². The van der Waals surface area contributed by atoms with Gasteiger partial charge in [-0.15, -0.1) is 0 Å². The third kappa shape index (κ3) is 6.41. The molecule has 218 valence electrons. The zero-order valence-corrected chi connectivity index (χ0v) is 23.0. The van der Waals surface area contributed by atoms with Crippen LogP contribution >= 0.6 is 0 Å². The monoisotopic (exact) mass is 563 g/mol. The molecule has 0 spiro atoms. The van der Waals surface area contributed by atoms with Gasteiger partial charge in [0.1, 0.15) is 17.6 Å². The van der Waals surface area contributed by atoms with Crippen molar-refractivity contribution >= 4 is 17.7 Å². The number of benzene rings is 2. The molecule has 1 unspecified atom stereocenters. The Kier molecular flexibility index (Phi) is 9.50. The molecule has 40 heavy (non-hydrogen) atoms. The van der Waals surface area contributed by atoms with Crippen LogP contribution in [0.5, 0.6) is 5.75 Å². The molecular formula is C29H36F3N3O5. The first-order chi connectivity index (χ1) is 18.7. The summed E-state index contributed by atoms with van der Waals surface area (Å²) in [6.45, 7) is 4.91. The average molecular weight is 564 g/mol. The molecule has 0 aliphatic carbocycles. The summed E-state index contributed by atoms with van der Waals surface area (Å²) < 4.78 is 44.1. The highest BCUT2D eigenvalue weighted by atomic mass is 19.3. The van der Waals surface area contributed by atoms with Crippen molar-refractivity contribution in [2.75, 3.05) is 13.1 Å². The highest BCUT2D eigenvalue weighted by Crippen LogP contribution is 2.48. The van der Waals surface area contributed by atoms with Gasteiger partial charge >= 0.3 is 0 Å². The van der Waals surface area contributed by atoms with Crippen molar-refractivity contribution in [1.29, 1.82) is 0 Å². The normalized spacial score (nSPS) is 19.1. The maximum absolute atomic E-state index is 15.1. The van der Waals surface area contributed by atoms with Crippen molar-refractivity contribution in [3.8, 4) is 5.75 Å². The molecular weight excluding hydrogens is 527 g/mol. The number of halogens is 3. The average Bonchev–Trinajstić information content (AvgIpc) is 3.08. The van der Waals surface area contributed by atoms with Crippen LogP contribution in [0.3, 0.4) is 0 Å². The predicted octanol–water partition coefficient (Wildman–Crippen LogP) is 3.33. The summed E-state index contributed by atoms with van der Waals surface area (Å²) in [4.78, 5) is 40.4. The van der Waals surface area contributed by atoms with E-state index < -0.39 is 59.6 Å². The molecule has 1 aliphatic heterocycles. The van der Waals surface area contributed by atoms with E-state index in [4.69, 9.17) is 0 Å². The van der Waals surface area contributed by atoms with Gasteiger partial charge in [-0.1, -0.05) is 45.4 Å². The van der Waals surface area contributed by atoms with E-state index in [1.54, 1.807) is 0 Å². The van der Waals surface area contributed by atoms with E-state index in [2.05, 4.69) is 10.6 Å². The Hall–Kier alpha value is -3.60. The van der Waals surface area contributed by atoms with Crippen LogP contribution in [-0.2, 0) is 16.0 Å².